The smallest absolute Gasteiger partial charge is 0.407 e. The van der Waals surface area contributed by atoms with E-state index in [0.717, 1.165) is 44.9 Å². The number of hydrogen-bond donors (Lipinski definition) is 1. The molecule has 3 atom stereocenters. The maximum atomic E-state index is 12.3. The fourth-order valence-electron chi connectivity index (χ4n) is 6.13. The fourth-order valence-corrected chi connectivity index (χ4v) is 7.17. The van der Waals surface area contributed by atoms with Gasteiger partial charge in [0, 0.05) is 41.9 Å². The van der Waals surface area contributed by atoms with Crippen molar-refractivity contribution in [2.24, 2.45) is 5.92 Å². The second kappa shape index (κ2) is 16.5. The first-order chi connectivity index (χ1) is 23.1. The first-order valence-corrected chi connectivity index (χ1v) is 17.1. The summed E-state index contributed by atoms with van der Waals surface area (Å²) in [4.78, 5) is 19.1. The third-order valence-electron chi connectivity index (χ3n) is 8.50. The molecule has 6 rings (SSSR count). The van der Waals surface area contributed by atoms with Gasteiger partial charge in [-0.3, -0.25) is 4.98 Å². The number of pyridine rings is 1. The van der Waals surface area contributed by atoms with Crippen molar-refractivity contribution >= 4 is 28.6 Å². The van der Waals surface area contributed by atoms with Crippen LogP contribution in [0.1, 0.15) is 29.0 Å². The summed E-state index contributed by atoms with van der Waals surface area (Å²) >= 11 is 1.72. The molecule has 47 heavy (non-hydrogen) atoms. The van der Waals surface area contributed by atoms with Crippen molar-refractivity contribution in [2.45, 2.75) is 36.6 Å². The number of ether oxygens (including phenoxy) is 3. The molecule has 1 saturated heterocycles. The van der Waals surface area contributed by atoms with E-state index in [0.29, 0.717) is 39.5 Å². The Bertz CT molecular complexity index is 1700. The second-order valence-electron chi connectivity index (χ2n) is 11.8. The molecular weight excluding hydrogens is 609 g/mol. The largest absolute Gasteiger partial charge is 0.494 e. The molecule has 0 saturated carbocycles. The highest BCUT2D eigenvalue weighted by Crippen LogP contribution is 2.39. The zero-order valence-electron chi connectivity index (χ0n) is 26.3. The minimum atomic E-state index is -0.918. The second-order valence-corrected chi connectivity index (χ2v) is 12.9. The summed E-state index contributed by atoms with van der Waals surface area (Å²) in [6, 6.07) is 37.0. The molecule has 1 amide bonds. The third kappa shape index (κ3) is 9.13. The Morgan fingerprint density at radius 1 is 0.809 bits per heavy atom. The van der Waals surface area contributed by atoms with Gasteiger partial charge in [0.2, 0.25) is 0 Å². The van der Waals surface area contributed by atoms with E-state index in [2.05, 4.69) is 59.6 Å². The van der Waals surface area contributed by atoms with Crippen molar-refractivity contribution in [2.75, 3.05) is 32.1 Å². The van der Waals surface area contributed by atoms with Crippen LogP contribution in [0.4, 0.5) is 4.79 Å². The highest BCUT2D eigenvalue weighted by atomic mass is 32.2. The quantitative estimate of drug-likeness (QED) is 0.0959. The van der Waals surface area contributed by atoms with E-state index >= 15 is 0 Å². The lowest BCUT2D eigenvalue weighted by atomic mass is 9.79. The zero-order valence-corrected chi connectivity index (χ0v) is 27.1. The molecule has 1 N–H and O–H groups in total. The zero-order chi connectivity index (χ0) is 32.3. The lowest BCUT2D eigenvalue weighted by Crippen LogP contribution is -2.51. The number of likely N-dealkylation sites (tertiary alicyclic amines) is 1. The summed E-state index contributed by atoms with van der Waals surface area (Å²) in [5, 5.41) is 12.4. The predicted octanol–water partition coefficient (Wildman–Crippen LogP) is 8.29. The summed E-state index contributed by atoms with van der Waals surface area (Å²) in [7, 11) is 0. The van der Waals surface area contributed by atoms with Gasteiger partial charge in [0.05, 0.1) is 39.1 Å². The number of thioether (sulfide) groups is 1. The van der Waals surface area contributed by atoms with Crippen molar-refractivity contribution in [3.05, 3.63) is 138 Å². The Labute approximate surface area is 280 Å². The van der Waals surface area contributed by atoms with Crippen LogP contribution >= 0.6 is 11.8 Å². The topological polar surface area (TPSA) is 81.1 Å². The maximum Gasteiger partial charge on any atom is 0.407 e. The first kappa shape index (κ1) is 32.6. The number of amides is 1. The van der Waals surface area contributed by atoms with Crippen LogP contribution in [0.15, 0.2) is 126 Å². The molecule has 1 aromatic heterocycles. The molecule has 5 aromatic rings. The van der Waals surface area contributed by atoms with Gasteiger partial charge in [0.1, 0.15) is 5.75 Å². The monoisotopic (exact) mass is 648 g/mol. The highest BCUT2D eigenvalue weighted by Gasteiger charge is 2.40. The van der Waals surface area contributed by atoms with Gasteiger partial charge < -0.3 is 24.2 Å². The number of carboxylic acid groups (broad SMARTS) is 1. The number of hydrogen-bond acceptors (Lipinski definition) is 6. The van der Waals surface area contributed by atoms with Crippen LogP contribution in [-0.2, 0) is 22.7 Å². The van der Waals surface area contributed by atoms with Crippen LogP contribution in [0.5, 0.6) is 5.75 Å². The molecule has 1 aliphatic rings. The normalized spacial score (nSPS) is 17.9. The van der Waals surface area contributed by atoms with Gasteiger partial charge in [0.25, 0.3) is 0 Å². The van der Waals surface area contributed by atoms with E-state index in [1.807, 2.05) is 54.6 Å². The summed E-state index contributed by atoms with van der Waals surface area (Å²) in [5.41, 5.74) is 3.35. The molecule has 1 aliphatic heterocycles. The number of nitrogens with zero attached hydrogens (tertiary/aromatic N) is 2. The molecule has 0 aliphatic carbocycles. The van der Waals surface area contributed by atoms with Crippen LogP contribution in [0.3, 0.4) is 0 Å². The van der Waals surface area contributed by atoms with Gasteiger partial charge in [-0.25, -0.2) is 4.79 Å². The average molecular weight is 649 g/mol. The molecular formula is C39H40N2O5S. The SMILES string of the molecule is O=C(O)N1CC(CSc2ccncc2)C(c2ccc(OCCCOCc3ccccc3)cc2)C(OCc2ccc3ccccc3c2)C1. The molecule has 1 fully saturated rings. The Morgan fingerprint density at radius 3 is 2.36 bits per heavy atom. The van der Waals surface area contributed by atoms with Crippen molar-refractivity contribution < 1.29 is 24.1 Å². The maximum absolute atomic E-state index is 12.3. The Morgan fingerprint density at radius 2 is 1.57 bits per heavy atom. The van der Waals surface area contributed by atoms with Crippen molar-refractivity contribution in [1.82, 2.24) is 9.88 Å². The van der Waals surface area contributed by atoms with E-state index in [4.69, 9.17) is 14.2 Å². The number of benzene rings is 4. The number of piperidine rings is 1. The number of rotatable bonds is 14. The molecule has 242 valence electrons. The Hall–Kier alpha value is -4.37. The molecule has 0 bridgehead atoms. The first-order valence-electron chi connectivity index (χ1n) is 16.1. The van der Waals surface area contributed by atoms with E-state index in [1.165, 1.54) is 10.3 Å². The summed E-state index contributed by atoms with van der Waals surface area (Å²) in [6.45, 7) is 2.94. The van der Waals surface area contributed by atoms with E-state index < -0.39 is 6.09 Å². The lowest BCUT2D eigenvalue weighted by molar-refractivity contribution is -0.0357. The fraction of sp³-hybridized carbons (Fsp3) is 0.282. The molecule has 0 spiro atoms. The minimum Gasteiger partial charge on any atom is -0.494 e. The molecule has 7 nitrogen and oxygen atoms in total. The minimum absolute atomic E-state index is 0.000769. The summed E-state index contributed by atoms with van der Waals surface area (Å²) in [6.07, 6.45) is 3.13. The van der Waals surface area contributed by atoms with E-state index in [1.54, 1.807) is 24.2 Å². The highest BCUT2D eigenvalue weighted by molar-refractivity contribution is 7.99. The molecule has 8 heteroatoms. The number of fused-ring (bicyclic) bond motifs is 1. The summed E-state index contributed by atoms with van der Waals surface area (Å²) in [5.74, 6) is 1.58. The van der Waals surface area contributed by atoms with Crippen LogP contribution in [0, 0.1) is 5.92 Å². The van der Waals surface area contributed by atoms with Crippen LogP contribution in [0.25, 0.3) is 10.8 Å². The van der Waals surface area contributed by atoms with Gasteiger partial charge in [-0.15, -0.1) is 11.8 Å². The standard InChI is InChI=1S/C39H40N2O5S/c42-39(43)41-24-34(28-47-36-17-19-40-20-18-36)38(37(25-41)46-27-30-11-12-31-9-4-5-10-33(31)23-30)32-13-15-35(16-14-32)45-22-6-21-44-26-29-7-2-1-3-8-29/h1-5,7-20,23,34,37-38H,6,21-22,24-28H2,(H,42,43). The van der Waals surface area contributed by atoms with Gasteiger partial charge >= 0.3 is 6.09 Å². The van der Waals surface area contributed by atoms with Crippen LogP contribution in [-0.4, -0.2) is 59.2 Å². The van der Waals surface area contributed by atoms with E-state index in [-0.39, 0.29) is 17.9 Å². The average Bonchev–Trinajstić information content (AvgIpc) is 3.12. The Balaban J connectivity index is 1.14. The van der Waals surface area contributed by atoms with Crippen LogP contribution < -0.4 is 4.74 Å². The van der Waals surface area contributed by atoms with Crippen molar-refractivity contribution in [1.29, 1.82) is 0 Å². The van der Waals surface area contributed by atoms with Crippen molar-refractivity contribution in [3.8, 4) is 5.75 Å². The third-order valence-corrected chi connectivity index (χ3v) is 9.70. The van der Waals surface area contributed by atoms with Crippen molar-refractivity contribution in [3.63, 3.8) is 0 Å². The van der Waals surface area contributed by atoms with Gasteiger partial charge in [-0.05, 0) is 63.7 Å². The predicted molar refractivity (Wildman–Crippen MR) is 186 cm³/mol. The summed E-state index contributed by atoms with van der Waals surface area (Å²) < 4.78 is 18.5. The number of carbonyl (C=O) groups is 1. The van der Waals surface area contributed by atoms with Gasteiger partial charge in [0.15, 0.2) is 0 Å². The van der Waals surface area contributed by atoms with Gasteiger partial charge in [-0.2, -0.15) is 0 Å². The molecule has 2 heterocycles. The van der Waals surface area contributed by atoms with Crippen LogP contribution in [0.2, 0.25) is 0 Å². The molecule has 3 unspecified atom stereocenters. The lowest BCUT2D eigenvalue weighted by Gasteiger charge is -2.43. The van der Waals surface area contributed by atoms with Gasteiger partial charge in [-0.1, -0.05) is 78.9 Å². The van der Waals surface area contributed by atoms with E-state index in [9.17, 15) is 9.90 Å². The molecule has 0 radical (unpaired) electrons. The Kier molecular flexibility index (Phi) is 11.4. The molecule has 4 aromatic carbocycles. The number of aromatic nitrogens is 1.